The van der Waals surface area contributed by atoms with E-state index < -0.39 is 17.1 Å². The van der Waals surface area contributed by atoms with Gasteiger partial charge in [0.05, 0.1) is 22.7 Å². The average molecular weight is 552 g/mol. The lowest BCUT2D eigenvalue weighted by molar-refractivity contribution is -0.127. The summed E-state index contributed by atoms with van der Waals surface area (Å²) in [6.07, 6.45) is 1.61. The molecule has 3 rings (SSSR count). The topological polar surface area (TPSA) is 84.9 Å². The average Bonchev–Trinajstić information content (AvgIpc) is 2.97. The highest BCUT2D eigenvalue weighted by Crippen LogP contribution is 2.37. The third kappa shape index (κ3) is 5.21. The SMILES string of the molecule is COc1cc(/C=C2/SC(=O)N(CC(=O)Nc3ccc(C)c(C)c3)C2=O)cc(I)c1OC. The third-order valence-electron chi connectivity index (χ3n) is 4.72. The number of anilines is 1. The molecule has 0 atom stereocenters. The van der Waals surface area contributed by atoms with Gasteiger partial charge in [-0.15, -0.1) is 0 Å². The zero-order valence-electron chi connectivity index (χ0n) is 17.4. The Hall–Kier alpha value is -2.53. The number of nitrogens with zero attached hydrogens (tertiary/aromatic N) is 1. The quantitative estimate of drug-likeness (QED) is 0.417. The van der Waals surface area contributed by atoms with E-state index in [-0.39, 0.29) is 11.4 Å². The number of aryl methyl sites for hydroxylation is 2. The minimum atomic E-state index is -0.505. The summed E-state index contributed by atoms with van der Waals surface area (Å²) in [5.41, 5.74) is 3.46. The van der Waals surface area contributed by atoms with E-state index in [1.165, 1.54) is 7.11 Å². The number of amides is 3. The van der Waals surface area contributed by atoms with Crippen LogP contribution in [0.25, 0.3) is 6.08 Å². The molecule has 7 nitrogen and oxygen atoms in total. The van der Waals surface area contributed by atoms with Crippen LogP contribution >= 0.6 is 34.4 Å². The number of halogens is 1. The summed E-state index contributed by atoms with van der Waals surface area (Å²) in [4.78, 5) is 38.7. The Bertz CT molecular complexity index is 1100. The first-order chi connectivity index (χ1) is 14.7. The van der Waals surface area contributed by atoms with E-state index >= 15 is 0 Å². The van der Waals surface area contributed by atoms with Crippen LogP contribution in [0.4, 0.5) is 10.5 Å². The standard InChI is InChI=1S/C22H21IN2O5S/c1-12-5-6-15(7-13(12)2)24-19(26)11-25-21(27)18(31-22(25)28)10-14-8-16(23)20(30-4)17(9-14)29-3/h5-10H,11H2,1-4H3,(H,24,26)/b18-10+. The molecule has 1 heterocycles. The van der Waals surface area contributed by atoms with E-state index in [0.717, 1.165) is 31.4 Å². The Morgan fingerprint density at radius 1 is 1.13 bits per heavy atom. The predicted octanol–water partition coefficient (Wildman–Crippen LogP) is 4.60. The maximum absolute atomic E-state index is 12.7. The second-order valence-electron chi connectivity index (χ2n) is 6.85. The first-order valence-electron chi connectivity index (χ1n) is 9.27. The number of nitrogens with one attached hydrogen (secondary N) is 1. The van der Waals surface area contributed by atoms with Crippen LogP contribution in [-0.2, 0) is 9.59 Å². The number of thioether (sulfide) groups is 1. The number of carbonyl (C=O) groups excluding carboxylic acids is 3. The molecule has 31 heavy (non-hydrogen) atoms. The van der Waals surface area contributed by atoms with Gasteiger partial charge >= 0.3 is 0 Å². The lowest BCUT2D eigenvalue weighted by Crippen LogP contribution is -2.36. The summed E-state index contributed by atoms with van der Waals surface area (Å²) < 4.78 is 11.5. The van der Waals surface area contributed by atoms with E-state index in [1.807, 2.05) is 32.0 Å². The van der Waals surface area contributed by atoms with Crippen molar-refractivity contribution in [1.29, 1.82) is 0 Å². The summed E-state index contributed by atoms with van der Waals surface area (Å²) in [5, 5.41) is 2.25. The number of methoxy groups -OCH3 is 2. The van der Waals surface area contributed by atoms with Gasteiger partial charge in [-0.2, -0.15) is 0 Å². The van der Waals surface area contributed by atoms with E-state index in [4.69, 9.17) is 9.47 Å². The fraction of sp³-hybridized carbons (Fsp3) is 0.227. The number of benzene rings is 2. The molecule has 2 aromatic carbocycles. The number of imide groups is 1. The first kappa shape index (κ1) is 23.1. The van der Waals surface area contributed by atoms with Gasteiger partial charge in [0.25, 0.3) is 11.1 Å². The predicted molar refractivity (Wildman–Crippen MR) is 129 cm³/mol. The van der Waals surface area contributed by atoms with E-state index in [1.54, 1.807) is 25.3 Å². The molecule has 0 unspecified atom stereocenters. The normalized spacial score (nSPS) is 14.9. The summed E-state index contributed by atoms with van der Waals surface area (Å²) in [7, 11) is 3.08. The van der Waals surface area contributed by atoms with Crippen LogP contribution < -0.4 is 14.8 Å². The lowest BCUT2D eigenvalue weighted by Gasteiger charge is -2.13. The smallest absolute Gasteiger partial charge is 0.294 e. The van der Waals surface area contributed by atoms with Gasteiger partial charge in [0.1, 0.15) is 6.54 Å². The molecule has 0 bridgehead atoms. The number of hydrogen-bond donors (Lipinski definition) is 1. The van der Waals surface area contributed by atoms with Crippen molar-refractivity contribution in [2.24, 2.45) is 0 Å². The molecule has 0 aliphatic carbocycles. The highest BCUT2D eigenvalue weighted by atomic mass is 127. The Morgan fingerprint density at radius 2 is 1.87 bits per heavy atom. The summed E-state index contributed by atoms with van der Waals surface area (Å²) in [6, 6.07) is 9.08. The zero-order valence-corrected chi connectivity index (χ0v) is 20.4. The summed E-state index contributed by atoms with van der Waals surface area (Å²) in [5.74, 6) is 0.173. The van der Waals surface area contributed by atoms with Gasteiger partial charge in [0.2, 0.25) is 5.91 Å². The number of rotatable bonds is 6. The van der Waals surface area contributed by atoms with Crippen molar-refractivity contribution >= 4 is 63.2 Å². The molecule has 0 spiro atoms. The number of hydrogen-bond acceptors (Lipinski definition) is 6. The molecule has 3 amide bonds. The second kappa shape index (κ2) is 9.73. The molecule has 9 heteroatoms. The molecule has 0 aromatic heterocycles. The Kier molecular flexibility index (Phi) is 7.26. The molecule has 0 radical (unpaired) electrons. The largest absolute Gasteiger partial charge is 0.493 e. The summed E-state index contributed by atoms with van der Waals surface area (Å²) in [6.45, 7) is 3.58. The van der Waals surface area contributed by atoms with Crippen molar-refractivity contribution < 1.29 is 23.9 Å². The Balaban J connectivity index is 1.75. The van der Waals surface area contributed by atoms with Crippen molar-refractivity contribution in [2.75, 3.05) is 26.1 Å². The molecule has 1 aliphatic heterocycles. The van der Waals surface area contributed by atoms with Gasteiger partial charge in [-0.05, 0) is 95.2 Å². The van der Waals surface area contributed by atoms with Gasteiger partial charge in [-0.3, -0.25) is 19.3 Å². The zero-order chi connectivity index (χ0) is 22.7. The van der Waals surface area contributed by atoms with E-state index in [9.17, 15) is 14.4 Å². The number of ether oxygens (including phenoxy) is 2. The van der Waals surface area contributed by atoms with Crippen molar-refractivity contribution in [3.05, 3.63) is 55.5 Å². The molecule has 1 saturated heterocycles. The molecule has 2 aromatic rings. The maximum atomic E-state index is 12.7. The maximum Gasteiger partial charge on any atom is 0.294 e. The van der Waals surface area contributed by atoms with Crippen LogP contribution in [0.15, 0.2) is 35.2 Å². The second-order valence-corrected chi connectivity index (χ2v) is 9.01. The molecule has 0 saturated carbocycles. The highest BCUT2D eigenvalue weighted by molar-refractivity contribution is 14.1. The van der Waals surface area contributed by atoms with E-state index in [0.29, 0.717) is 22.7 Å². The van der Waals surface area contributed by atoms with Crippen molar-refractivity contribution in [1.82, 2.24) is 4.90 Å². The van der Waals surface area contributed by atoms with Crippen molar-refractivity contribution in [3.63, 3.8) is 0 Å². The fourth-order valence-corrected chi connectivity index (χ4v) is 4.66. The minimum absolute atomic E-state index is 0.243. The fourth-order valence-electron chi connectivity index (χ4n) is 2.97. The lowest BCUT2D eigenvalue weighted by atomic mass is 10.1. The van der Waals surface area contributed by atoms with Gasteiger partial charge in [0.15, 0.2) is 11.5 Å². The van der Waals surface area contributed by atoms with Gasteiger partial charge in [-0.1, -0.05) is 6.07 Å². The Labute approximate surface area is 198 Å². The van der Waals surface area contributed by atoms with Crippen LogP contribution in [0.1, 0.15) is 16.7 Å². The van der Waals surface area contributed by atoms with Crippen LogP contribution in [-0.4, -0.2) is 42.7 Å². The summed E-state index contributed by atoms with van der Waals surface area (Å²) >= 11 is 2.91. The molecular formula is C22H21IN2O5S. The van der Waals surface area contributed by atoms with Crippen LogP contribution in [0.3, 0.4) is 0 Å². The van der Waals surface area contributed by atoms with Crippen LogP contribution in [0, 0.1) is 17.4 Å². The first-order valence-corrected chi connectivity index (χ1v) is 11.2. The van der Waals surface area contributed by atoms with Crippen molar-refractivity contribution in [2.45, 2.75) is 13.8 Å². The molecule has 1 fully saturated rings. The third-order valence-corrected chi connectivity index (χ3v) is 6.43. The minimum Gasteiger partial charge on any atom is -0.493 e. The van der Waals surface area contributed by atoms with Crippen LogP contribution in [0.5, 0.6) is 11.5 Å². The van der Waals surface area contributed by atoms with Gasteiger partial charge < -0.3 is 14.8 Å². The van der Waals surface area contributed by atoms with E-state index in [2.05, 4.69) is 27.9 Å². The van der Waals surface area contributed by atoms with Crippen LogP contribution in [0.2, 0.25) is 0 Å². The molecule has 162 valence electrons. The Morgan fingerprint density at radius 3 is 2.52 bits per heavy atom. The molecular weight excluding hydrogens is 531 g/mol. The number of carbonyl (C=O) groups is 3. The van der Waals surface area contributed by atoms with Crippen molar-refractivity contribution in [3.8, 4) is 11.5 Å². The van der Waals surface area contributed by atoms with Gasteiger partial charge in [0, 0.05) is 5.69 Å². The highest BCUT2D eigenvalue weighted by Gasteiger charge is 2.36. The molecule has 1 N–H and O–H groups in total. The monoisotopic (exact) mass is 552 g/mol. The molecule has 1 aliphatic rings. The van der Waals surface area contributed by atoms with Gasteiger partial charge in [-0.25, -0.2) is 0 Å².